The van der Waals surface area contributed by atoms with Crippen molar-refractivity contribution in [2.24, 2.45) is 7.05 Å². The van der Waals surface area contributed by atoms with E-state index in [1.165, 1.54) is 47.4 Å². The summed E-state index contributed by atoms with van der Waals surface area (Å²) in [5.41, 5.74) is -1.41. The highest BCUT2D eigenvalue weighted by Gasteiger charge is 2.66. The normalized spacial score (nSPS) is 21.3. The fourth-order valence-corrected chi connectivity index (χ4v) is 6.34. The highest BCUT2D eigenvalue weighted by atomic mass is 32.2. The zero-order valence-corrected chi connectivity index (χ0v) is 20.6. The first kappa shape index (κ1) is 24.8. The van der Waals surface area contributed by atoms with E-state index in [4.69, 9.17) is 4.74 Å². The van der Waals surface area contributed by atoms with Crippen LogP contribution in [0.25, 0.3) is 0 Å². The number of rotatable bonds is 8. The van der Waals surface area contributed by atoms with Gasteiger partial charge in [-0.15, -0.1) is 16.9 Å². The smallest absolute Gasteiger partial charge is 0.352 e. The van der Waals surface area contributed by atoms with Crippen LogP contribution in [0.4, 0.5) is 0 Å². The third kappa shape index (κ3) is 4.30. The van der Waals surface area contributed by atoms with Crippen molar-refractivity contribution >= 4 is 57.4 Å². The van der Waals surface area contributed by atoms with Crippen LogP contribution in [0.1, 0.15) is 5.56 Å². The zero-order chi connectivity index (χ0) is 25.3. The zero-order valence-electron chi connectivity index (χ0n) is 18.1. The van der Waals surface area contributed by atoms with Gasteiger partial charge in [0.1, 0.15) is 27.2 Å². The van der Waals surface area contributed by atoms with Gasteiger partial charge in [-0.3, -0.25) is 14.5 Å². The first-order chi connectivity index (χ1) is 16.7. The highest BCUT2D eigenvalue weighted by Crippen LogP contribution is 2.47. The quantitative estimate of drug-likeness (QED) is 0.0722. The lowest BCUT2D eigenvalue weighted by atomic mass is 9.98. The monoisotopic (exact) mass is 539 g/mol. The predicted molar refractivity (Wildman–Crippen MR) is 123 cm³/mol. The largest absolute Gasteiger partial charge is 0.619 e. The Labute approximate surface area is 209 Å². The lowest BCUT2D eigenvalue weighted by Gasteiger charge is -2.55. The molecule has 0 spiro atoms. The number of aryl methyl sites for hydroxylation is 1. The van der Waals surface area contributed by atoms with Gasteiger partial charge >= 0.3 is 5.97 Å². The number of hydrogen-bond donors (Lipinski definition) is 2. The minimum atomic E-state index is -1.87. The van der Waals surface area contributed by atoms with Gasteiger partial charge in [-0.2, -0.15) is 4.73 Å². The maximum atomic E-state index is 13.2. The maximum absolute atomic E-state index is 13.2. The van der Waals surface area contributed by atoms with Crippen LogP contribution in [0.3, 0.4) is 0 Å². The number of carbonyl (C=O) groups excluding carboxylic acids is 2. The number of β-lactam (4-membered cyclic amide) rings is 1. The molecule has 2 amide bonds. The molecular formula is C18H17N7O7S3. The van der Waals surface area contributed by atoms with Gasteiger partial charge in [0.05, 0.1) is 0 Å². The van der Waals surface area contributed by atoms with Crippen LogP contribution in [0.5, 0.6) is 0 Å². The van der Waals surface area contributed by atoms with E-state index in [2.05, 4.69) is 20.8 Å². The Hall–Kier alpha value is -3.28. The molecule has 4 rings (SSSR count). The van der Waals surface area contributed by atoms with Crippen molar-refractivity contribution in [2.45, 2.75) is 16.3 Å². The fourth-order valence-electron chi connectivity index (χ4n) is 3.56. The summed E-state index contributed by atoms with van der Waals surface area (Å²) >= 11 is 2.33. The summed E-state index contributed by atoms with van der Waals surface area (Å²) in [6.07, 6.45) is 2.25. The van der Waals surface area contributed by atoms with E-state index in [0.29, 0.717) is 15.5 Å². The van der Waals surface area contributed by atoms with Crippen molar-refractivity contribution < 1.29 is 33.2 Å². The third-order valence-electron chi connectivity index (χ3n) is 5.24. The minimum Gasteiger partial charge on any atom is -0.619 e. The van der Waals surface area contributed by atoms with Gasteiger partial charge in [0.2, 0.25) is 5.16 Å². The number of nitrogens with zero attached hydrogens (tertiary/aromatic N) is 6. The first-order valence-corrected chi connectivity index (χ1v) is 12.5. The molecule has 2 aliphatic rings. The van der Waals surface area contributed by atoms with E-state index in [9.17, 15) is 28.9 Å². The fraction of sp³-hybridized carbons (Fsp3) is 0.333. The molecule has 17 heteroatoms. The number of fused-ring (bicyclic) bond motifs is 1. The number of amides is 2. The lowest BCUT2D eigenvalue weighted by molar-refractivity contribution is -0.605. The number of thioether (sulfide) groups is 2. The number of tetrazole rings is 1. The second kappa shape index (κ2) is 9.76. The Morgan fingerprint density at radius 2 is 2.14 bits per heavy atom. The Bertz CT molecular complexity index is 1290. The van der Waals surface area contributed by atoms with E-state index in [1.54, 1.807) is 7.05 Å². The van der Waals surface area contributed by atoms with Crippen molar-refractivity contribution in [2.75, 3.05) is 18.6 Å². The van der Waals surface area contributed by atoms with Gasteiger partial charge in [-0.05, 0) is 16.0 Å². The van der Waals surface area contributed by atoms with Gasteiger partial charge in [0.15, 0.2) is 12.4 Å². The molecule has 0 bridgehead atoms. The summed E-state index contributed by atoms with van der Waals surface area (Å²) in [6, 6.07) is 2.58. The molecule has 184 valence electrons. The molecule has 2 aliphatic heterocycles. The van der Waals surface area contributed by atoms with Crippen LogP contribution in [-0.4, -0.2) is 86.8 Å². The standard InChI is InChI=1S/C18H17N7O7S3/c1-23-17(20-21-22-23)34-8-10-7-33-16-18(32-2,15(29)25(16)11(10)14(27)28)19-13(26)12(35-31)9-3-5-24(30)6-4-9/h3-6,16H,7-8H2,1-2H3,(H,19,26)(H,27,28)/t16-,18+/m1/s1. The second-order valence-electron chi connectivity index (χ2n) is 7.22. The highest BCUT2D eigenvalue weighted by molar-refractivity contribution is 8.01. The molecule has 2 aromatic rings. The van der Waals surface area contributed by atoms with E-state index >= 15 is 0 Å². The summed E-state index contributed by atoms with van der Waals surface area (Å²) in [4.78, 5) is 39.0. The SMILES string of the molecule is CO[C@@]1(NC(=O)C(=S=O)c2cc[n+]([O-])cc2)C(=O)N2C(C(=O)O)=C(CSc3nnnn3C)CS[C@@H]21. The minimum absolute atomic E-state index is 0.103. The second-order valence-corrected chi connectivity index (χ2v) is 9.81. The van der Waals surface area contributed by atoms with Gasteiger partial charge in [0, 0.05) is 43.4 Å². The van der Waals surface area contributed by atoms with Crippen molar-refractivity contribution in [3.8, 4) is 0 Å². The first-order valence-electron chi connectivity index (χ1n) is 9.72. The molecule has 4 heterocycles. The number of nitrogens with one attached hydrogen (secondary N) is 1. The van der Waals surface area contributed by atoms with Crippen LogP contribution in [-0.2, 0) is 37.4 Å². The number of pyridine rings is 1. The van der Waals surface area contributed by atoms with Crippen molar-refractivity contribution in [1.29, 1.82) is 0 Å². The third-order valence-corrected chi connectivity index (χ3v) is 8.30. The van der Waals surface area contributed by atoms with Crippen LogP contribution >= 0.6 is 23.5 Å². The Morgan fingerprint density at radius 3 is 2.71 bits per heavy atom. The molecule has 0 unspecified atom stereocenters. The molecule has 0 aromatic carbocycles. The molecule has 1 saturated heterocycles. The van der Waals surface area contributed by atoms with Crippen LogP contribution < -0.4 is 10.0 Å². The molecule has 0 radical (unpaired) electrons. The average Bonchev–Trinajstić information content (AvgIpc) is 3.26. The summed E-state index contributed by atoms with van der Waals surface area (Å²) in [6.45, 7) is 0. The molecule has 0 aliphatic carbocycles. The van der Waals surface area contributed by atoms with Crippen LogP contribution in [0.15, 0.2) is 41.0 Å². The van der Waals surface area contributed by atoms with E-state index in [-0.39, 0.29) is 38.9 Å². The number of methoxy groups -OCH3 is 1. The topological polar surface area (TPSA) is 184 Å². The lowest BCUT2D eigenvalue weighted by Crippen LogP contribution is -2.81. The van der Waals surface area contributed by atoms with Crippen molar-refractivity contribution in [3.63, 3.8) is 0 Å². The molecule has 0 saturated carbocycles. The van der Waals surface area contributed by atoms with Gasteiger partial charge < -0.3 is 20.4 Å². The summed E-state index contributed by atoms with van der Waals surface area (Å²) in [5.74, 6) is -2.51. The Balaban J connectivity index is 1.58. The predicted octanol–water partition coefficient (Wildman–Crippen LogP) is -1.92. The molecule has 2 aromatic heterocycles. The number of ether oxygens (including phenoxy) is 1. The number of carboxylic acids is 1. The number of hydrogen-bond acceptors (Lipinski definition) is 11. The number of carboxylic acid groups (broad SMARTS) is 1. The Morgan fingerprint density at radius 1 is 1.43 bits per heavy atom. The summed E-state index contributed by atoms with van der Waals surface area (Å²) < 4.78 is 19.0. The van der Waals surface area contributed by atoms with Crippen molar-refractivity contribution in [3.05, 3.63) is 46.6 Å². The molecule has 2 N–H and O–H groups in total. The van der Waals surface area contributed by atoms with Crippen LogP contribution in [0, 0.1) is 5.21 Å². The van der Waals surface area contributed by atoms with Crippen molar-refractivity contribution in [1.82, 2.24) is 30.4 Å². The van der Waals surface area contributed by atoms with Crippen LogP contribution in [0.2, 0.25) is 0 Å². The Kier molecular flexibility index (Phi) is 6.93. The maximum Gasteiger partial charge on any atom is 0.352 e. The summed E-state index contributed by atoms with van der Waals surface area (Å²) in [7, 11) is 2.86. The van der Waals surface area contributed by atoms with Gasteiger partial charge in [-0.25, -0.2) is 13.7 Å². The number of aromatic nitrogens is 5. The van der Waals surface area contributed by atoms with E-state index in [1.807, 2.05) is 0 Å². The summed E-state index contributed by atoms with van der Waals surface area (Å²) in [5, 5.41) is 34.3. The van der Waals surface area contributed by atoms with Gasteiger partial charge in [0.25, 0.3) is 17.5 Å². The van der Waals surface area contributed by atoms with E-state index < -0.39 is 28.9 Å². The molecular weight excluding hydrogens is 522 g/mol. The molecule has 14 nitrogen and oxygen atoms in total. The number of carbonyl (C=O) groups is 3. The molecule has 2 atom stereocenters. The molecule has 1 fully saturated rings. The van der Waals surface area contributed by atoms with E-state index in [0.717, 1.165) is 17.3 Å². The van der Waals surface area contributed by atoms with Gasteiger partial charge in [-0.1, -0.05) is 11.8 Å². The average molecular weight is 540 g/mol. The molecule has 35 heavy (non-hydrogen) atoms. The number of aliphatic carboxylic acids is 1.